The zero-order valence-corrected chi connectivity index (χ0v) is 11.4. The van der Waals surface area contributed by atoms with Gasteiger partial charge < -0.3 is 10.7 Å². The van der Waals surface area contributed by atoms with Crippen molar-refractivity contribution in [3.63, 3.8) is 0 Å². The fourth-order valence-electron chi connectivity index (χ4n) is 1.68. The van der Waals surface area contributed by atoms with E-state index in [9.17, 15) is 0 Å². The van der Waals surface area contributed by atoms with E-state index in [1.54, 1.807) is 6.07 Å². The van der Waals surface area contributed by atoms with Gasteiger partial charge in [0.15, 0.2) is 0 Å². The number of nitrogens with one attached hydrogen (secondary N) is 2. The molecule has 0 bridgehead atoms. The van der Waals surface area contributed by atoms with Crippen molar-refractivity contribution >= 4 is 28.9 Å². The first-order chi connectivity index (χ1) is 9.21. The number of anilines is 3. The lowest BCUT2D eigenvalue weighted by Gasteiger charge is -2.09. The molecule has 0 aliphatic carbocycles. The molecular weight excluding hydrogens is 262 g/mol. The second kappa shape index (κ2) is 6.36. The van der Waals surface area contributed by atoms with Crippen LogP contribution < -0.4 is 16.6 Å². The van der Waals surface area contributed by atoms with E-state index in [4.69, 9.17) is 17.4 Å². The Balaban J connectivity index is 2.26. The summed E-state index contributed by atoms with van der Waals surface area (Å²) >= 11 is 5.95. The Bertz CT molecular complexity index is 558. The van der Waals surface area contributed by atoms with Crippen molar-refractivity contribution in [2.45, 2.75) is 19.8 Å². The monoisotopic (exact) mass is 277 g/mol. The Labute approximate surface area is 117 Å². The lowest BCUT2D eigenvalue weighted by Crippen LogP contribution is -2.11. The second-order valence-electron chi connectivity index (χ2n) is 4.08. The van der Waals surface area contributed by atoms with E-state index in [2.05, 4.69) is 27.6 Å². The Morgan fingerprint density at radius 3 is 2.68 bits per heavy atom. The van der Waals surface area contributed by atoms with Crippen LogP contribution in [-0.2, 0) is 6.42 Å². The van der Waals surface area contributed by atoms with Crippen LogP contribution in [0.3, 0.4) is 0 Å². The first-order valence-electron chi connectivity index (χ1n) is 6.08. The predicted molar refractivity (Wildman–Crippen MR) is 78.6 cm³/mol. The number of benzene rings is 1. The molecule has 0 amide bonds. The van der Waals surface area contributed by atoms with Gasteiger partial charge in [0.25, 0.3) is 0 Å². The van der Waals surface area contributed by atoms with Gasteiger partial charge in [0.05, 0.1) is 0 Å². The lowest BCUT2D eigenvalue weighted by atomic mass is 10.3. The van der Waals surface area contributed by atoms with Crippen molar-refractivity contribution in [1.82, 2.24) is 9.97 Å². The smallest absolute Gasteiger partial charge is 0.145 e. The molecule has 0 saturated carbocycles. The highest BCUT2D eigenvalue weighted by Gasteiger charge is 2.04. The summed E-state index contributed by atoms with van der Waals surface area (Å²) in [4.78, 5) is 8.72. The summed E-state index contributed by atoms with van der Waals surface area (Å²) in [6.45, 7) is 2.08. The third-order valence-corrected chi connectivity index (χ3v) is 2.73. The maximum absolute atomic E-state index is 5.95. The lowest BCUT2D eigenvalue weighted by molar-refractivity contribution is 0.837. The third-order valence-electron chi connectivity index (χ3n) is 2.49. The van der Waals surface area contributed by atoms with Gasteiger partial charge in [-0.25, -0.2) is 15.8 Å². The number of rotatable bonds is 5. The summed E-state index contributed by atoms with van der Waals surface area (Å²) in [5.74, 6) is 7.44. The maximum atomic E-state index is 5.95. The molecule has 19 heavy (non-hydrogen) atoms. The van der Waals surface area contributed by atoms with Crippen molar-refractivity contribution < 1.29 is 0 Å². The molecule has 2 rings (SSSR count). The maximum Gasteiger partial charge on any atom is 0.145 e. The van der Waals surface area contributed by atoms with E-state index >= 15 is 0 Å². The second-order valence-corrected chi connectivity index (χ2v) is 4.52. The number of nitrogens with zero attached hydrogens (tertiary/aromatic N) is 2. The minimum absolute atomic E-state index is 0.586. The van der Waals surface area contributed by atoms with Gasteiger partial charge in [-0.2, -0.15) is 0 Å². The molecule has 0 aliphatic rings. The summed E-state index contributed by atoms with van der Waals surface area (Å²) in [6.07, 6.45) is 1.78. The topological polar surface area (TPSA) is 75.9 Å². The molecule has 0 aliphatic heterocycles. The summed E-state index contributed by atoms with van der Waals surface area (Å²) in [7, 11) is 0. The number of hydrogen-bond acceptors (Lipinski definition) is 5. The number of nitrogens with two attached hydrogens (primary N) is 1. The van der Waals surface area contributed by atoms with E-state index < -0.39 is 0 Å². The normalized spacial score (nSPS) is 10.3. The van der Waals surface area contributed by atoms with Crippen molar-refractivity contribution in [3.8, 4) is 0 Å². The highest BCUT2D eigenvalue weighted by atomic mass is 35.5. The first-order valence-corrected chi connectivity index (χ1v) is 6.46. The largest absolute Gasteiger partial charge is 0.340 e. The van der Waals surface area contributed by atoms with Crippen LogP contribution in [0.4, 0.5) is 17.3 Å². The molecule has 5 nitrogen and oxygen atoms in total. The predicted octanol–water partition coefficient (Wildman–Crippen LogP) is 3.11. The number of hydrogen-bond donors (Lipinski definition) is 3. The minimum Gasteiger partial charge on any atom is -0.340 e. The van der Waals surface area contributed by atoms with Crippen molar-refractivity contribution in [1.29, 1.82) is 0 Å². The van der Waals surface area contributed by atoms with Crippen LogP contribution >= 0.6 is 11.6 Å². The fourth-order valence-corrected chi connectivity index (χ4v) is 1.87. The molecule has 0 fully saturated rings. The molecular formula is C13H16ClN5. The SMILES string of the molecule is CCCc1nc(NN)cc(Nc2cccc(Cl)c2)n1. The van der Waals surface area contributed by atoms with Gasteiger partial charge in [0, 0.05) is 23.2 Å². The van der Waals surface area contributed by atoms with Gasteiger partial charge in [-0.15, -0.1) is 0 Å². The first kappa shape index (κ1) is 13.6. The molecule has 4 N–H and O–H groups in total. The Hall–Kier alpha value is -1.85. The van der Waals surface area contributed by atoms with Gasteiger partial charge in [0.1, 0.15) is 17.5 Å². The average molecular weight is 278 g/mol. The Morgan fingerprint density at radius 1 is 1.21 bits per heavy atom. The molecule has 1 aromatic heterocycles. The van der Waals surface area contributed by atoms with Crippen LogP contribution in [0.2, 0.25) is 5.02 Å². The number of hydrazine groups is 1. The van der Waals surface area contributed by atoms with Crippen molar-refractivity contribution in [2.24, 2.45) is 5.84 Å². The van der Waals surface area contributed by atoms with Crippen LogP contribution in [-0.4, -0.2) is 9.97 Å². The fraction of sp³-hybridized carbons (Fsp3) is 0.231. The molecule has 0 radical (unpaired) electrons. The van der Waals surface area contributed by atoms with Gasteiger partial charge in [-0.1, -0.05) is 24.6 Å². The van der Waals surface area contributed by atoms with Crippen LogP contribution in [0.5, 0.6) is 0 Å². The zero-order valence-electron chi connectivity index (χ0n) is 10.7. The van der Waals surface area contributed by atoms with E-state index in [0.717, 1.165) is 24.4 Å². The highest BCUT2D eigenvalue weighted by Crippen LogP contribution is 2.20. The molecule has 1 aromatic carbocycles. The number of nitrogen functional groups attached to an aromatic ring is 1. The molecule has 0 unspecified atom stereocenters. The van der Waals surface area contributed by atoms with Gasteiger partial charge in [-0.05, 0) is 24.6 Å². The van der Waals surface area contributed by atoms with E-state index in [1.807, 2.05) is 24.3 Å². The molecule has 0 atom stereocenters. The Kier molecular flexibility index (Phi) is 4.54. The standard InChI is InChI=1S/C13H16ClN5/c1-2-4-11-17-12(8-13(18-11)19-15)16-10-6-3-5-9(14)7-10/h3,5-8H,2,4,15H2,1H3,(H2,16,17,18,19). The summed E-state index contributed by atoms with van der Waals surface area (Å²) in [6, 6.07) is 9.20. The van der Waals surface area contributed by atoms with Crippen LogP contribution in [0.15, 0.2) is 30.3 Å². The average Bonchev–Trinajstić information content (AvgIpc) is 2.39. The molecule has 0 saturated heterocycles. The quantitative estimate of drug-likeness (QED) is 0.578. The van der Waals surface area contributed by atoms with Crippen molar-refractivity contribution in [3.05, 3.63) is 41.2 Å². The summed E-state index contributed by atoms with van der Waals surface area (Å²) in [5.41, 5.74) is 3.42. The van der Waals surface area contributed by atoms with Gasteiger partial charge in [0.2, 0.25) is 0 Å². The van der Waals surface area contributed by atoms with Crippen LogP contribution in [0.1, 0.15) is 19.2 Å². The molecule has 2 aromatic rings. The molecule has 1 heterocycles. The number of aryl methyl sites for hydroxylation is 1. The Morgan fingerprint density at radius 2 is 2.00 bits per heavy atom. The summed E-state index contributed by atoms with van der Waals surface area (Å²) in [5, 5.41) is 3.86. The molecule has 0 spiro atoms. The van der Waals surface area contributed by atoms with Crippen molar-refractivity contribution in [2.75, 3.05) is 10.7 Å². The minimum atomic E-state index is 0.586. The van der Waals surface area contributed by atoms with Gasteiger partial charge >= 0.3 is 0 Å². The van der Waals surface area contributed by atoms with Crippen LogP contribution in [0.25, 0.3) is 0 Å². The van der Waals surface area contributed by atoms with E-state index in [-0.39, 0.29) is 0 Å². The van der Waals surface area contributed by atoms with E-state index in [0.29, 0.717) is 16.7 Å². The van der Waals surface area contributed by atoms with Gasteiger partial charge in [-0.3, -0.25) is 0 Å². The molecule has 6 heteroatoms. The summed E-state index contributed by atoms with van der Waals surface area (Å²) < 4.78 is 0. The molecule has 100 valence electrons. The zero-order chi connectivity index (χ0) is 13.7. The number of halogens is 1. The highest BCUT2D eigenvalue weighted by molar-refractivity contribution is 6.30. The van der Waals surface area contributed by atoms with Crippen LogP contribution in [0, 0.1) is 0 Å². The number of aromatic nitrogens is 2. The van der Waals surface area contributed by atoms with E-state index in [1.165, 1.54) is 0 Å². The third kappa shape index (κ3) is 3.81.